The summed E-state index contributed by atoms with van der Waals surface area (Å²) in [6.45, 7) is 2.01. The van der Waals surface area contributed by atoms with Crippen molar-refractivity contribution in [2.75, 3.05) is 5.73 Å². The maximum atomic E-state index is 5.63. The molecule has 0 aliphatic carbocycles. The van der Waals surface area contributed by atoms with Crippen LogP contribution >= 0.6 is 0 Å². The SMILES string of the molecule is CC1=NC=CNC1c1ccc(N)cc1. The van der Waals surface area contributed by atoms with E-state index in [2.05, 4.69) is 10.3 Å². The molecule has 1 aromatic rings. The van der Waals surface area contributed by atoms with E-state index in [1.807, 2.05) is 37.4 Å². The fourth-order valence-corrected chi connectivity index (χ4v) is 1.52. The molecule has 0 saturated heterocycles. The van der Waals surface area contributed by atoms with E-state index in [-0.39, 0.29) is 6.04 Å². The van der Waals surface area contributed by atoms with Crippen molar-refractivity contribution in [3.63, 3.8) is 0 Å². The number of hydrogen-bond acceptors (Lipinski definition) is 3. The Morgan fingerprint density at radius 3 is 2.64 bits per heavy atom. The monoisotopic (exact) mass is 187 g/mol. The van der Waals surface area contributed by atoms with Crippen LogP contribution in [0.1, 0.15) is 18.5 Å². The Morgan fingerprint density at radius 2 is 2.00 bits per heavy atom. The van der Waals surface area contributed by atoms with Gasteiger partial charge in [-0.1, -0.05) is 12.1 Å². The van der Waals surface area contributed by atoms with Crippen LogP contribution in [0.4, 0.5) is 5.69 Å². The molecule has 0 aromatic heterocycles. The van der Waals surface area contributed by atoms with Gasteiger partial charge in [0.15, 0.2) is 0 Å². The standard InChI is InChI=1S/C11H13N3/c1-8-11(14-7-6-13-8)9-2-4-10(12)5-3-9/h2-7,11,14H,12H2,1H3. The summed E-state index contributed by atoms with van der Waals surface area (Å²) in [5.41, 5.74) is 8.66. The molecule has 0 saturated carbocycles. The largest absolute Gasteiger partial charge is 0.399 e. The lowest BCUT2D eigenvalue weighted by atomic mass is 10.0. The quantitative estimate of drug-likeness (QED) is 0.659. The molecule has 1 unspecified atom stereocenters. The first kappa shape index (κ1) is 8.81. The van der Waals surface area contributed by atoms with Gasteiger partial charge in [0.1, 0.15) is 0 Å². The molecule has 0 spiro atoms. The summed E-state index contributed by atoms with van der Waals surface area (Å²) < 4.78 is 0. The Morgan fingerprint density at radius 1 is 1.29 bits per heavy atom. The van der Waals surface area contributed by atoms with E-state index in [1.54, 1.807) is 6.20 Å². The molecule has 14 heavy (non-hydrogen) atoms. The first-order chi connectivity index (χ1) is 6.77. The molecule has 72 valence electrons. The zero-order valence-electron chi connectivity index (χ0n) is 8.07. The highest BCUT2D eigenvalue weighted by molar-refractivity contribution is 5.89. The normalized spacial score (nSPS) is 20.1. The van der Waals surface area contributed by atoms with Crippen LogP contribution in [0.3, 0.4) is 0 Å². The van der Waals surface area contributed by atoms with Gasteiger partial charge in [0.2, 0.25) is 0 Å². The van der Waals surface area contributed by atoms with Crippen LogP contribution < -0.4 is 11.1 Å². The molecule has 0 amide bonds. The molecule has 1 atom stereocenters. The molecule has 0 bridgehead atoms. The lowest BCUT2D eigenvalue weighted by Crippen LogP contribution is -2.24. The van der Waals surface area contributed by atoms with Gasteiger partial charge in [-0.05, 0) is 24.6 Å². The number of aliphatic imine (C=N–C) groups is 1. The maximum absolute atomic E-state index is 5.63. The van der Waals surface area contributed by atoms with Gasteiger partial charge in [-0.15, -0.1) is 0 Å². The molecule has 1 aromatic carbocycles. The van der Waals surface area contributed by atoms with Gasteiger partial charge in [-0.2, -0.15) is 0 Å². The second-order valence-corrected chi connectivity index (χ2v) is 3.35. The highest BCUT2D eigenvalue weighted by atomic mass is 15.0. The predicted molar refractivity (Wildman–Crippen MR) is 59.0 cm³/mol. The van der Waals surface area contributed by atoms with Crippen LogP contribution in [-0.2, 0) is 0 Å². The highest BCUT2D eigenvalue weighted by Crippen LogP contribution is 2.18. The summed E-state index contributed by atoms with van der Waals surface area (Å²) in [5, 5.41) is 3.25. The third kappa shape index (κ3) is 1.62. The molecular formula is C11H13N3. The number of nitrogens with two attached hydrogens (primary N) is 1. The van der Waals surface area contributed by atoms with E-state index in [4.69, 9.17) is 5.73 Å². The van der Waals surface area contributed by atoms with E-state index in [0.29, 0.717) is 0 Å². The van der Waals surface area contributed by atoms with Crippen LogP contribution in [0.15, 0.2) is 41.7 Å². The zero-order valence-corrected chi connectivity index (χ0v) is 8.07. The van der Waals surface area contributed by atoms with Gasteiger partial charge in [0.05, 0.1) is 6.04 Å². The van der Waals surface area contributed by atoms with Gasteiger partial charge in [-0.25, -0.2) is 0 Å². The molecule has 3 N–H and O–H groups in total. The summed E-state index contributed by atoms with van der Waals surface area (Å²) in [6.07, 6.45) is 3.62. The maximum Gasteiger partial charge on any atom is 0.0893 e. The molecule has 3 nitrogen and oxygen atoms in total. The van der Waals surface area contributed by atoms with E-state index < -0.39 is 0 Å². The fraction of sp³-hybridized carbons (Fsp3) is 0.182. The van der Waals surface area contributed by atoms with E-state index in [9.17, 15) is 0 Å². The number of anilines is 1. The van der Waals surface area contributed by atoms with Gasteiger partial charge < -0.3 is 11.1 Å². The summed E-state index contributed by atoms with van der Waals surface area (Å²) >= 11 is 0. The Labute approximate surface area is 83.3 Å². The van der Waals surface area contributed by atoms with Crippen LogP contribution in [0.5, 0.6) is 0 Å². The molecular weight excluding hydrogens is 174 g/mol. The van der Waals surface area contributed by atoms with Crippen LogP contribution in [0.2, 0.25) is 0 Å². The lowest BCUT2D eigenvalue weighted by Gasteiger charge is -2.20. The van der Waals surface area contributed by atoms with Crippen molar-refractivity contribution in [1.82, 2.24) is 5.32 Å². The third-order valence-corrected chi connectivity index (χ3v) is 2.30. The summed E-state index contributed by atoms with van der Waals surface area (Å²) in [7, 11) is 0. The number of rotatable bonds is 1. The first-order valence-corrected chi connectivity index (χ1v) is 4.58. The smallest absolute Gasteiger partial charge is 0.0893 e. The first-order valence-electron chi connectivity index (χ1n) is 4.58. The molecule has 1 aliphatic heterocycles. The summed E-state index contributed by atoms with van der Waals surface area (Å²) in [4.78, 5) is 4.25. The number of nitrogen functional groups attached to an aromatic ring is 1. The number of nitrogens with zero attached hydrogens (tertiary/aromatic N) is 1. The second-order valence-electron chi connectivity index (χ2n) is 3.35. The number of benzene rings is 1. The molecule has 3 heteroatoms. The Kier molecular flexibility index (Phi) is 2.23. The Hall–Kier alpha value is -1.77. The van der Waals surface area contributed by atoms with Crippen LogP contribution in [-0.4, -0.2) is 5.71 Å². The third-order valence-electron chi connectivity index (χ3n) is 2.30. The van der Waals surface area contributed by atoms with Gasteiger partial charge in [-0.3, -0.25) is 4.99 Å². The molecule has 1 aliphatic rings. The van der Waals surface area contributed by atoms with Crippen molar-refractivity contribution >= 4 is 11.4 Å². The average Bonchev–Trinajstić information content (AvgIpc) is 2.20. The predicted octanol–water partition coefficient (Wildman–Crippen LogP) is 1.85. The van der Waals surface area contributed by atoms with Crippen LogP contribution in [0, 0.1) is 0 Å². The highest BCUT2D eigenvalue weighted by Gasteiger charge is 2.14. The number of nitrogens with one attached hydrogen (secondary N) is 1. The van der Waals surface area contributed by atoms with Gasteiger partial charge in [0, 0.05) is 23.8 Å². The Bertz CT molecular complexity index is 376. The Balaban J connectivity index is 2.27. The second kappa shape index (κ2) is 3.54. The number of hydrogen-bond donors (Lipinski definition) is 2. The van der Waals surface area contributed by atoms with Crippen molar-refractivity contribution < 1.29 is 0 Å². The zero-order chi connectivity index (χ0) is 9.97. The average molecular weight is 187 g/mol. The summed E-state index contributed by atoms with van der Waals surface area (Å²) in [6, 6.07) is 8.03. The van der Waals surface area contributed by atoms with E-state index in [1.165, 1.54) is 5.56 Å². The van der Waals surface area contributed by atoms with Crippen LogP contribution in [0.25, 0.3) is 0 Å². The molecule has 0 fully saturated rings. The van der Waals surface area contributed by atoms with Crippen molar-refractivity contribution in [3.05, 3.63) is 42.2 Å². The molecule has 0 radical (unpaired) electrons. The minimum atomic E-state index is 0.181. The molecule has 2 rings (SSSR count). The minimum Gasteiger partial charge on any atom is -0.399 e. The summed E-state index contributed by atoms with van der Waals surface area (Å²) in [5.74, 6) is 0. The van der Waals surface area contributed by atoms with Gasteiger partial charge >= 0.3 is 0 Å². The minimum absolute atomic E-state index is 0.181. The van der Waals surface area contributed by atoms with E-state index >= 15 is 0 Å². The van der Waals surface area contributed by atoms with Crippen molar-refractivity contribution in [3.8, 4) is 0 Å². The van der Waals surface area contributed by atoms with Crippen molar-refractivity contribution in [2.45, 2.75) is 13.0 Å². The fourth-order valence-electron chi connectivity index (χ4n) is 1.52. The van der Waals surface area contributed by atoms with Crippen molar-refractivity contribution in [1.29, 1.82) is 0 Å². The topological polar surface area (TPSA) is 50.4 Å². The molecule has 1 heterocycles. The van der Waals surface area contributed by atoms with Crippen molar-refractivity contribution in [2.24, 2.45) is 4.99 Å². The van der Waals surface area contributed by atoms with E-state index in [0.717, 1.165) is 11.4 Å². The van der Waals surface area contributed by atoms with Gasteiger partial charge in [0.25, 0.3) is 0 Å². The lowest BCUT2D eigenvalue weighted by molar-refractivity contribution is 0.774.